The highest BCUT2D eigenvalue weighted by Crippen LogP contribution is 2.32. The van der Waals surface area contributed by atoms with Gasteiger partial charge in [0.2, 0.25) is 9.84 Å². The van der Waals surface area contributed by atoms with Crippen LogP contribution in [-0.2, 0) is 14.6 Å². The summed E-state index contributed by atoms with van der Waals surface area (Å²) in [5, 5.41) is 7.26. The van der Waals surface area contributed by atoms with Gasteiger partial charge in [-0.05, 0) is 23.7 Å². The van der Waals surface area contributed by atoms with Crippen LogP contribution in [0.15, 0.2) is 35.1 Å². The molecular formula is C14H13N5O4S2. The van der Waals surface area contributed by atoms with Crippen LogP contribution in [0.1, 0.15) is 0 Å². The van der Waals surface area contributed by atoms with Gasteiger partial charge in [0.25, 0.3) is 5.16 Å². The normalized spacial score (nSPS) is 11.4. The fourth-order valence-corrected chi connectivity index (χ4v) is 2.85. The van der Waals surface area contributed by atoms with Gasteiger partial charge in [0.05, 0.1) is 6.20 Å². The van der Waals surface area contributed by atoms with E-state index in [2.05, 4.69) is 24.5 Å². The molecule has 0 radical (unpaired) electrons. The second-order valence-corrected chi connectivity index (χ2v) is 7.43. The molecule has 9 nitrogen and oxygen atoms in total. The summed E-state index contributed by atoms with van der Waals surface area (Å²) in [7, 11) is -2.01. The van der Waals surface area contributed by atoms with E-state index in [1.165, 1.54) is 24.8 Å². The first-order valence-electron chi connectivity index (χ1n) is 6.91. The molecule has 25 heavy (non-hydrogen) atoms. The van der Waals surface area contributed by atoms with Crippen LogP contribution in [0.2, 0.25) is 0 Å². The molecular weight excluding hydrogens is 366 g/mol. The lowest BCUT2D eigenvalue weighted by molar-refractivity contribution is 0.0515. The third-order valence-electron chi connectivity index (χ3n) is 3.08. The van der Waals surface area contributed by atoms with Crippen molar-refractivity contribution >= 4 is 21.4 Å². The summed E-state index contributed by atoms with van der Waals surface area (Å²) >= 11 is 1.25. The lowest BCUT2D eigenvalue weighted by Crippen LogP contribution is -2.06. The number of hydrogen-bond donors (Lipinski definition) is 0. The predicted octanol–water partition coefficient (Wildman–Crippen LogP) is 1.44. The summed E-state index contributed by atoms with van der Waals surface area (Å²) in [6.45, 7) is 0.0310. The molecule has 3 aromatic rings. The third-order valence-corrected chi connectivity index (χ3v) is 4.41. The average Bonchev–Trinajstić information content (AvgIpc) is 3.14. The van der Waals surface area contributed by atoms with E-state index >= 15 is 0 Å². The molecule has 0 aliphatic carbocycles. The number of methoxy groups -OCH3 is 1. The van der Waals surface area contributed by atoms with E-state index in [0.717, 1.165) is 11.8 Å². The number of benzene rings is 1. The van der Waals surface area contributed by atoms with Gasteiger partial charge < -0.3 is 9.47 Å². The Kier molecular flexibility index (Phi) is 4.97. The zero-order valence-electron chi connectivity index (χ0n) is 13.3. The lowest BCUT2D eigenvalue weighted by Gasteiger charge is -2.11. The van der Waals surface area contributed by atoms with Crippen molar-refractivity contribution in [2.75, 3.05) is 20.2 Å². The molecule has 0 atom stereocenters. The van der Waals surface area contributed by atoms with Crippen LogP contribution in [0, 0.1) is 0 Å². The Hall–Kier alpha value is -2.50. The quantitative estimate of drug-likeness (QED) is 0.586. The van der Waals surface area contributed by atoms with E-state index in [9.17, 15) is 8.42 Å². The first kappa shape index (κ1) is 17.3. The minimum atomic E-state index is -3.51. The van der Waals surface area contributed by atoms with Gasteiger partial charge in [0, 0.05) is 24.5 Å². The van der Waals surface area contributed by atoms with Crippen LogP contribution in [0.25, 0.3) is 22.6 Å². The standard InChI is InChI=1S/C14H13N5O4S2/c1-22-8-23-12-5-9(13-16-7-24-19-13)3-4-10(12)11-6-15-14(18-17-11)25(2,20)21/h3-7H,8H2,1-2H3. The second-order valence-electron chi connectivity index (χ2n) is 4.91. The zero-order valence-corrected chi connectivity index (χ0v) is 14.9. The Morgan fingerprint density at radius 3 is 2.64 bits per heavy atom. The lowest BCUT2D eigenvalue weighted by atomic mass is 10.1. The Labute approximate surface area is 147 Å². The Balaban J connectivity index is 2.02. The summed E-state index contributed by atoms with van der Waals surface area (Å²) in [6, 6.07) is 5.32. The molecule has 0 aliphatic heterocycles. The molecule has 3 rings (SSSR count). The molecule has 0 saturated carbocycles. The van der Waals surface area contributed by atoms with Crippen molar-refractivity contribution in [2.45, 2.75) is 5.16 Å². The van der Waals surface area contributed by atoms with Gasteiger partial charge >= 0.3 is 0 Å². The van der Waals surface area contributed by atoms with Gasteiger partial charge in [0.1, 0.15) is 17.0 Å². The van der Waals surface area contributed by atoms with Gasteiger partial charge in [0.15, 0.2) is 12.6 Å². The molecule has 2 heterocycles. The monoisotopic (exact) mass is 379 g/mol. The Bertz CT molecular complexity index is 959. The minimum Gasteiger partial charge on any atom is -0.467 e. The van der Waals surface area contributed by atoms with Crippen LogP contribution in [0.5, 0.6) is 5.75 Å². The summed E-state index contributed by atoms with van der Waals surface area (Å²) in [6.07, 6.45) is 2.35. The second kappa shape index (κ2) is 7.17. The molecule has 0 fully saturated rings. The number of sulfone groups is 1. The van der Waals surface area contributed by atoms with Crippen LogP contribution >= 0.6 is 11.5 Å². The molecule has 0 bridgehead atoms. The minimum absolute atomic E-state index is 0.0310. The number of hydrogen-bond acceptors (Lipinski definition) is 10. The van der Waals surface area contributed by atoms with Gasteiger partial charge in [-0.15, -0.1) is 10.2 Å². The molecule has 0 N–H and O–H groups in total. The van der Waals surface area contributed by atoms with Gasteiger partial charge in [-0.2, -0.15) is 4.37 Å². The van der Waals surface area contributed by atoms with E-state index in [1.54, 1.807) is 17.6 Å². The molecule has 0 saturated heterocycles. The molecule has 0 unspecified atom stereocenters. The molecule has 0 aliphatic rings. The van der Waals surface area contributed by atoms with Gasteiger partial charge in [-0.3, -0.25) is 0 Å². The zero-order chi connectivity index (χ0) is 17.9. The van der Waals surface area contributed by atoms with Crippen LogP contribution < -0.4 is 4.74 Å². The highest BCUT2D eigenvalue weighted by Gasteiger charge is 2.15. The van der Waals surface area contributed by atoms with Crippen molar-refractivity contribution in [1.29, 1.82) is 0 Å². The summed E-state index contributed by atoms with van der Waals surface area (Å²) < 4.78 is 37.6. The van der Waals surface area contributed by atoms with E-state index < -0.39 is 9.84 Å². The van der Waals surface area contributed by atoms with Crippen molar-refractivity contribution < 1.29 is 17.9 Å². The highest BCUT2D eigenvalue weighted by molar-refractivity contribution is 7.90. The first-order chi connectivity index (χ1) is 12.0. The Morgan fingerprint density at radius 1 is 1.20 bits per heavy atom. The first-order valence-corrected chi connectivity index (χ1v) is 9.64. The molecule has 11 heteroatoms. The number of nitrogens with zero attached hydrogens (tertiary/aromatic N) is 5. The molecule has 0 spiro atoms. The molecule has 2 aromatic heterocycles. The highest BCUT2D eigenvalue weighted by atomic mass is 32.2. The SMILES string of the molecule is COCOc1cc(-c2ncsn2)ccc1-c1cnc(S(C)(=O)=O)nn1. The van der Waals surface area contributed by atoms with Crippen molar-refractivity contribution in [1.82, 2.24) is 24.5 Å². The smallest absolute Gasteiger partial charge is 0.267 e. The topological polar surface area (TPSA) is 117 Å². The number of aromatic nitrogens is 5. The Morgan fingerprint density at radius 2 is 2.04 bits per heavy atom. The van der Waals surface area contributed by atoms with E-state index in [0.29, 0.717) is 22.8 Å². The maximum absolute atomic E-state index is 11.4. The number of ether oxygens (including phenoxy) is 2. The number of rotatable bonds is 6. The van der Waals surface area contributed by atoms with Crippen molar-refractivity contribution in [3.8, 4) is 28.4 Å². The summed E-state index contributed by atoms with van der Waals surface area (Å²) in [5.74, 6) is 1.05. The maximum atomic E-state index is 11.4. The fourth-order valence-electron chi connectivity index (χ4n) is 1.97. The third kappa shape index (κ3) is 3.95. The van der Waals surface area contributed by atoms with E-state index in [4.69, 9.17) is 9.47 Å². The van der Waals surface area contributed by atoms with Gasteiger partial charge in [-0.25, -0.2) is 18.4 Å². The van der Waals surface area contributed by atoms with Crippen LogP contribution in [-0.4, -0.2) is 53.1 Å². The largest absolute Gasteiger partial charge is 0.467 e. The average molecular weight is 379 g/mol. The van der Waals surface area contributed by atoms with E-state index in [-0.39, 0.29) is 11.9 Å². The molecule has 0 amide bonds. The molecule has 1 aromatic carbocycles. The molecule has 130 valence electrons. The fraction of sp³-hybridized carbons (Fsp3) is 0.214. The van der Waals surface area contributed by atoms with Crippen molar-refractivity contribution in [3.63, 3.8) is 0 Å². The summed E-state index contributed by atoms with van der Waals surface area (Å²) in [4.78, 5) is 8.01. The van der Waals surface area contributed by atoms with Gasteiger partial charge in [-0.1, -0.05) is 6.07 Å². The van der Waals surface area contributed by atoms with E-state index in [1.807, 2.05) is 6.07 Å². The predicted molar refractivity (Wildman–Crippen MR) is 89.8 cm³/mol. The van der Waals surface area contributed by atoms with Crippen molar-refractivity contribution in [2.24, 2.45) is 0 Å². The van der Waals surface area contributed by atoms with Crippen LogP contribution in [0.4, 0.5) is 0 Å². The maximum Gasteiger partial charge on any atom is 0.267 e. The summed E-state index contributed by atoms with van der Waals surface area (Å²) in [5.41, 5.74) is 3.37. The van der Waals surface area contributed by atoms with Crippen LogP contribution in [0.3, 0.4) is 0 Å². The van der Waals surface area contributed by atoms with Crippen molar-refractivity contribution in [3.05, 3.63) is 29.9 Å².